The second-order valence-electron chi connectivity index (χ2n) is 6.53. The third-order valence-electron chi connectivity index (χ3n) is 3.99. The molecule has 0 aliphatic heterocycles. The summed E-state index contributed by atoms with van der Waals surface area (Å²) in [7, 11) is -4.87. The Morgan fingerprint density at radius 3 is 1.68 bits per heavy atom. The normalized spacial score (nSPS) is 10.7. The summed E-state index contributed by atoms with van der Waals surface area (Å²) in [5.74, 6) is 0.771. The molecule has 3 rings (SSSR count). The molecule has 0 aromatic heterocycles. The van der Waals surface area contributed by atoms with Gasteiger partial charge in [0.15, 0.2) is 0 Å². The molecule has 0 amide bonds. The Morgan fingerprint density at radius 1 is 0.735 bits per heavy atom. The van der Waals surface area contributed by atoms with Gasteiger partial charge in [0.2, 0.25) is 0 Å². The lowest BCUT2D eigenvalue weighted by Gasteiger charge is -2.07. The van der Waals surface area contributed by atoms with Gasteiger partial charge in [0.25, 0.3) is 20.2 Å². The van der Waals surface area contributed by atoms with Crippen LogP contribution in [0.4, 0.5) is 28.4 Å². The van der Waals surface area contributed by atoms with Gasteiger partial charge in [0.1, 0.15) is 10.6 Å². The van der Waals surface area contributed by atoms with Gasteiger partial charge in [0.05, 0.1) is 23.4 Å². The molecule has 0 fully saturated rings. The molecule has 14 heteroatoms. The molecule has 3 aromatic carbocycles. The fraction of sp³-hybridized carbons (Fsp3) is 0.100. The summed E-state index contributed by atoms with van der Waals surface area (Å²) in [6, 6.07) is 14.7. The lowest BCUT2D eigenvalue weighted by atomic mass is 10.2. The highest BCUT2D eigenvalue weighted by molar-refractivity contribution is 7.86. The van der Waals surface area contributed by atoms with Gasteiger partial charge in [-0.2, -0.15) is 16.8 Å². The van der Waals surface area contributed by atoms with Gasteiger partial charge < -0.3 is 33.0 Å². The molecular formula is C20H27N5O7S2. The number of nitrogens with one attached hydrogen (secondary N) is 1. The molecule has 3 aromatic rings. The fourth-order valence-corrected chi connectivity index (χ4v) is 3.46. The lowest BCUT2D eigenvalue weighted by Crippen LogP contribution is -2.03. The van der Waals surface area contributed by atoms with E-state index in [1.807, 2.05) is 19.2 Å². The third kappa shape index (κ3) is 9.03. The number of nitrogen functional groups attached to an aromatic ring is 4. The topological polar surface area (TPSA) is 234 Å². The zero-order chi connectivity index (χ0) is 26.1. The van der Waals surface area contributed by atoms with Gasteiger partial charge in [-0.15, -0.1) is 0 Å². The van der Waals surface area contributed by atoms with Crippen molar-refractivity contribution >= 4 is 48.7 Å². The van der Waals surface area contributed by atoms with Crippen LogP contribution in [0.3, 0.4) is 0 Å². The first-order chi connectivity index (χ1) is 15.7. The Kier molecular flexibility index (Phi) is 9.95. The summed E-state index contributed by atoms with van der Waals surface area (Å²) in [5.41, 5.74) is 23.7. The minimum Gasteiger partial charge on any atom is -0.495 e. The van der Waals surface area contributed by atoms with E-state index in [1.54, 1.807) is 13.2 Å². The van der Waals surface area contributed by atoms with E-state index in [4.69, 9.17) is 36.8 Å². The molecule has 0 spiro atoms. The first-order valence-electron chi connectivity index (χ1n) is 9.25. The number of methoxy groups -OCH3 is 1. The average molecular weight is 514 g/mol. The van der Waals surface area contributed by atoms with Gasteiger partial charge in [-0.25, -0.2) is 0 Å². The van der Waals surface area contributed by atoms with Crippen LogP contribution in [0.25, 0.3) is 0 Å². The number of anilines is 5. The van der Waals surface area contributed by atoms with E-state index < -0.39 is 20.2 Å². The highest BCUT2D eigenvalue weighted by atomic mass is 32.2. The van der Waals surface area contributed by atoms with Crippen molar-refractivity contribution in [3.05, 3.63) is 60.7 Å². The summed E-state index contributed by atoms with van der Waals surface area (Å²) in [6.45, 7) is 0. The van der Waals surface area contributed by atoms with E-state index in [0.29, 0.717) is 11.4 Å². The second-order valence-corrected chi connectivity index (χ2v) is 9.34. The van der Waals surface area contributed by atoms with Crippen LogP contribution < -0.4 is 33.0 Å². The third-order valence-corrected chi connectivity index (χ3v) is 5.77. The number of nitrogens with two attached hydrogens (primary N) is 4. The van der Waals surface area contributed by atoms with E-state index in [1.165, 1.54) is 36.4 Å². The highest BCUT2D eigenvalue weighted by Gasteiger charge is 2.13. The quantitative estimate of drug-likeness (QED) is 0.196. The highest BCUT2D eigenvalue weighted by Crippen LogP contribution is 2.25. The van der Waals surface area contributed by atoms with Crippen molar-refractivity contribution in [1.82, 2.24) is 0 Å². The SMILES string of the molecule is CNc1ccc(N)cc1OC.Nc1ccc(N)c(S(=O)(=O)O)c1.Nc1ccc(S(=O)(=O)O)cc1. The molecule has 0 radical (unpaired) electrons. The van der Waals surface area contributed by atoms with Gasteiger partial charge in [-0.05, 0) is 54.6 Å². The molecule has 0 saturated carbocycles. The van der Waals surface area contributed by atoms with E-state index in [0.717, 1.165) is 17.5 Å². The van der Waals surface area contributed by atoms with E-state index in [9.17, 15) is 16.8 Å². The van der Waals surface area contributed by atoms with E-state index >= 15 is 0 Å². The van der Waals surface area contributed by atoms with Crippen LogP contribution in [0, 0.1) is 0 Å². The number of ether oxygens (including phenoxy) is 1. The molecule has 11 N–H and O–H groups in total. The van der Waals surface area contributed by atoms with Crippen LogP contribution in [-0.2, 0) is 20.2 Å². The molecule has 0 saturated heterocycles. The van der Waals surface area contributed by atoms with Crippen LogP contribution in [-0.4, -0.2) is 40.1 Å². The molecule has 12 nitrogen and oxygen atoms in total. The zero-order valence-electron chi connectivity index (χ0n) is 18.3. The van der Waals surface area contributed by atoms with Crippen molar-refractivity contribution in [2.24, 2.45) is 0 Å². The van der Waals surface area contributed by atoms with Crippen molar-refractivity contribution in [1.29, 1.82) is 0 Å². The van der Waals surface area contributed by atoms with Crippen molar-refractivity contribution in [3.8, 4) is 5.75 Å². The molecule has 0 aliphatic carbocycles. The van der Waals surface area contributed by atoms with Crippen LogP contribution in [0.5, 0.6) is 5.75 Å². The summed E-state index contributed by atoms with van der Waals surface area (Å²) < 4.78 is 64.4. The number of rotatable bonds is 4. The van der Waals surface area contributed by atoms with Gasteiger partial charge >= 0.3 is 0 Å². The Balaban J connectivity index is 0.000000255. The maximum Gasteiger partial charge on any atom is 0.296 e. The van der Waals surface area contributed by atoms with Gasteiger partial charge in [0, 0.05) is 30.2 Å². The number of benzene rings is 3. The molecule has 34 heavy (non-hydrogen) atoms. The van der Waals surface area contributed by atoms with Crippen molar-refractivity contribution in [2.45, 2.75) is 9.79 Å². The smallest absolute Gasteiger partial charge is 0.296 e. The van der Waals surface area contributed by atoms with E-state index in [-0.39, 0.29) is 21.2 Å². The molecule has 0 atom stereocenters. The zero-order valence-corrected chi connectivity index (χ0v) is 20.0. The largest absolute Gasteiger partial charge is 0.495 e. The van der Waals surface area contributed by atoms with Crippen LogP contribution in [0.15, 0.2) is 70.5 Å². The minimum atomic E-state index is -4.26. The lowest BCUT2D eigenvalue weighted by molar-refractivity contribution is 0.417. The molecule has 0 aliphatic rings. The summed E-state index contributed by atoms with van der Waals surface area (Å²) in [6.07, 6.45) is 0. The van der Waals surface area contributed by atoms with Crippen LogP contribution >= 0.6 is 0 Å². The molecule has 186 valence electrons. The standard InChI is InChI=1S/C8H12N2O.C6H8N2O3S.C6H7NO3S/c1-10-7-4-3-6(9)5-8(7)11-2;7-4-1-2-5(8)6(3-4)12(9,10)11;7-5-1-3-6(4-2-5)11(8,9)10/h3-5,10H,9H2,1-2H3;1-3H,7-8H2,(H,9,10,11);1-4H,7H2,(H,8,9,10). The maximum absolute atomic E-state index is 10.6. The predicted octanol–water partition coefficient (Wildman–Crippen LogP) is 1.93. The summed E-state index contributed by atoms with van der Waals surface area (Å²) >= 11 is 0. The number of hydrogen-bond acceptors (Lipinski definition) is 10. The average Bonchev–Trinajstić information content (AvgIpc) is 2.75. The van der Waals surface area contributed by atoms with Crippen molar-refractivity contribution in [2.75, 3.05) is 42.4 Å². The monoisotopic (exact) mass is 513 g/mol. The molecule has 0 heterocycles. The Hall–Kier alpha value is -3.72. The van der Waals surface area contributed by atoms with Gasteiger partial charge in [-0.1, -0.05) is 0 Å². The van der Waals surface area contributed by atoms with Crippen molar-refractivity contribution < 1.29 is 30.7 Å². The Bertz CT molecular complexity index is 1310. The predicted molar refractivity (Wildman–Crippen MR) is 133 cm³/mol. The maximum atomic E-state index is 10.6. The van der Waals surface area contributed by atoms with E-state index in [2.05, 4.69) is 5.32 Å². The van der Waals surface area contributed by atoms with Crippen molar-refractivity contribution in [3.63, 3.8) is 0 Å². The number of hydrogen-bond donors (Lipinski definition) is 7. The second kappa shape index (κ2) is 11.9. The van der Waals surface area contributed by atoms with Crippen LogP contribution in [0.2, 0.25) is 0 Å². The first kappa shape index (κ1) is 28.3. The minimum absolute atomic E-state index is 0.0216. The summed E-state index contributed by atoms with van der Waals surface area (Å²) in [4.78, 5) is -0.505. The van der Waals surface area contributed by atoms with Gasteiger partial charge in [-0.3, -0.25) is 9.11 Å². The molecule has 0 unspecified atom stereocenters. The Morgan fingerprint density at radius 2 is 1.24 bits per heavy atom. The Labute approximate surface area is 198 Å². The summed E-state index contributed by atoms with van der Waals surface area (Å²) in [5, 5.41) is 2.99. The molecule has 0 bridgehead atoms. The van der Waals surface area contributed by atoms with Crippen LogP contribution in [0.1, 0.15) is 0 Å². The molecular weight excluding hydrogens is 486 g/mol. The first-order valence-corrected chi connectivity index (χ1v) is 12.1. The fourth-order valence-electron chi connectivity index (χ4n) is 2.33.